The molecule has 0 spiro atoms. The number of urea groups is 1. The van der Waals surface area contributed by atoms with Crippen LogP contribution in [0.2, 0.25) is 0 Å². The fourth-order valence-corrected chi connectivity index (χ4v) is 3.29. The van der Waals surface area contributed by atoms with Crippen LogP contribution in [-0.2, 0) is 9.53 Å². The van der Waals surface area contributed by atoms with Gasteiger partial charge in [-0.25, -0.2) is 4.79 Å². The van der Waals surface area contributed by atoms with E-state index in [4.69, 9.17) is 9.47 Å². The Morgan fingerprint density at radius 3 is 2.57 bits per heavy atom. The molecule has 1 aliphatic carbocycles. The summed E-state index contributed by atoms with van der Waals surface area (Å²) in [5.74, 6) is 0.554. The molecule has 3 amide bonds. The SMILES string of the molecule is CC(NC(=O)N1CC[C@@H](C)O[C@@H](C)C1)c1ccc(OCC(=O)NC2CC2)cc1. The Labute approximate surface area is 166 Å². The highest BCUT2D eigenvalue weighted by Gasteiger charge is 2.24. The van der Waals surface area contributed by atoms with E-state index in [0.29, 0.717) is 24.9 Å². The first-order valence-corrected chi connectivity index (χ1v) is 10.1. The number of benzene rings is 1. The van der Waals surface area contributed by atoms with Gasteiger partial charge in [0.25, 0.3) is 5.91 Å². The summed E-state index contributed by atoms with van der Waals surface area (Å²) in [5.41, 5.74) is 0.982. The molecule has 28 heavy (non-hydrogen) atoms. The molecule has 1 unspecified atom stereocenters. The molecular formula is C21H31N3O4. The van der Waals surface area contributed by atoms with Gasteiger partial charge in [-0.2, -0.15) is 0 Å². The molecule has 1 aliphatic heterocycles. The van der Waals surface area contributed by atoms with Crippen LogP contribution in [0.15, 0.2) is 24.3 Å². The lowest BCUT2D eigenvalue weighted by Gasteiger charge is -2.25. The first-order valence-electron chi connectivity index (χ1n) is 10.1. The molecule has 1 aromatic rings. The molecule has 0 aromatic heterocycles. The summed E-state index contributed by atoms with van der Waals surface area (Å²) < 4.78 is 11.3. The van der Waals surface area contributed by atoms with Crippen molar-refractivity contribution in [3.8, 4) is 5.75 Å². The highest BCUT2D eigenvalue weighted by molar-refractivity contribution is 5.78. The molecule has 2 fully saturated rings. The van der Waals surface area contributed by atoms with Crippen molar-refractivity contribution in [2.24, 2.45) is 0 Å². The minimum absolute atomic E-state index is 0.0236. The Kier molecular flexibility index (Phi) is 6.78. The van der Waals surface area contributed by atoms with E-state index in [-0.39, 0.29) is 36.8 Å². The van der Waals surface area contributed by atoms with E-state index >= 15 is 0 Å². The second-order valence-corrected chi connectivity index (χ2v) is 7.86. The zero-order chi connectivity index (χ0) is 20.1. The zero-order valence-electron chi connectivity index (χ0n) is 16.9. The molecule has 154 valence electrons. The molecule has 7 heteroatoms. The smallest absolute Gasteiger partial charge is 0.317 e. The third-order valence-corrected chi connectivity index (χ3v) is 5.07. The molecular weight excluding hydrogens is 358 g/mol. The molecule has 7 nitrogen and oxygen atoms in total. The molecule has 2 N–H and O–H groups in total. The van der Waals surface area contributed by atoms with E-state index in [1.165, 1.54) is 0 Å². The Morgan fingerprint density at radius 1 is 1.18 bits per heavy atom. The number of carbonyl (C=O) groups is 2. The molecule has 1 heterocycles. The number of rotatable bonds is 6. The van der Waals surface area contributed by atoms with Gasteiger partial charge in [0.15, 0.2) is 6.61 Å². The van der Waals surface area contributed by atoms with E-state index in [1.807, 2.05) is 49.9 Å². The maximum atomic E-state index is 12.6. The molecule has 1 saturated heterocycles. The quantitative estimate of drug-likeness (QED) is 0.784. The second-order valence-electron chi connectivity index (χ2n) is 7.86. The van der Waals surface area contributed by atoms with Crippen molar-refractivity contribution < 1.29 is 19.1 Å². The first kappa shape index (κ1) is 20.5. The van der Waals surface area contributed by atoms with Gasteiger partial charge in [-0.05, 0) is 57.7 Å². The molecule has 0 radical (unpaired) electrons. The standard InChI is InChI=1S/C21H31N3O4/c1-14-10-11-24(12-15(2)28-14)21(26)22-16(3)17-4-8-19(9-5-17)27-13-20(25)23-18-6-7-18/h4-5,8-9,14-16,18H,6-7,10-13H2,1-3H3,(H,22,26)(H,23,25)/t14-,15+,16?/m1/s1. The van der Waals surface area contributed by atoms with Crippen molar-refractivity contribution in [2.45, 2.75) is 64.3 Å². The predicted molar refractivity (Wildman–Crippen MR) is 106 cm³/mol. The Morgan fingerprint density at radius 2 is 1.89 bits per heavy atom. The summed E-state index contributed by atoms with van der Waals surface area (Å²) in [6.45, 7) is 7.31. The predicted octanol–water partition coefficient (Wildman–Crippen LogP) is 2.61. The largest absolute Gasteiger partial charge is 0.484 e. The van der Waals surface area contributed by atoms with Gasteiger partial charge in [0.1, 0.15) is 5.75 Å². The number of ether oxygens (including phenoxy) is 2. The number of nitrogens with one attached hydrogen (secondary N) is 2. The van der Waals surface area contributed by atoms with Crippen molar-refractivity contribution in [1.82, 2.24) is 15.5 Å². The normalized spacial score (nSPS) is 23.5. The minimum atomic E-state index is -0.128. The van der Waals surface area contributed by atoms with Gasteiger partial charge in [0.05, 0.1) is 18.2 Å². The Bertz CT molecular complexity index is 675. The third kappa shape index (κ3) is 6.12. The van der Waals surface area contributed by atoms with Gasteiger partial charge >= 0.3 is 6.03 Å². The average molecular weight is 389 g/mol. The van der Waals surface area contributed by atoms with Crippen LogP contribution in [0.25, 0.3) is 0 Å². The van der Waals surface area contributed by atoms with Gasteiger partial charge in [-0.3, -0.25) is 4.79 Å². The number of hydrogen-bond acceptors (Lipinski definition) is 4. The maximum absolute atomic E-state index is 12.6. The van der Waals surface area contributed by atoms with E-state index < -0.39 is 0 Å². The van der Waals surface area contributed by atoms with Crippen LogP contribution < -0.4 is 15.4 Å². The summed E-state index contributed by atoms with van der Waals surface area (Å²) >= 11 is 0. The highest BCUT2D eigenvalue weighted by Crippen LogP contribution is 2.20. The van der Waals surface area contributed by atoms with Crippen molar-refractivity contribution in [3.63, 3.8) is 0 Å². The van der Waals surface area contributed by atoms with Crippen LogP contribution in [-0.4, -0.2) is 54.8 Å². The van der Waals surface area contributed by atoms with Gasteiger partial charge in [0, 0.05) is 19.1 Å². The van der Waals surface area contributed by atoms with Crippen LogP contribution in [0.5, 0.6) is 5.75 Å². The van der Waals surface area contributed by atoms with Crippen molar-refractivity contribution in [3.05, 3.63) is 29.8 Å². The Balaban J connectivity index is 1.47. The van der Waals surface area contributed by atoms with Crippen LogP contribution in [0, 0.1) is 0 Å². The fraction of sp³-hybridized carbons (Fsp3) is 0.619. The van der Waals surface area contributed by atoms with Crippen molar-refractivity contribution in [1.29, 1.82) is 0 Å². The molecule has 0 bridgehead atoms. The summed E-state index contributed by atoms with van der Waals surface area (Å²) in [4.78, 5) is 26.1. The molecule has 1 saturated carbocycles. The Hall–Kier alpha value is -2.28. The summed E-state index contributed by atoms with van der Waals surface area (Å²) in [7, 11) is 0. The number of nitrogens with zero attached hydrogens (tertiary/aromatic N) is 1. The number of amides is 3. The van der Waals surface area contributed by atoms with Crippen LogP contribution in [0.1, 0.15) is 51.6 Å². The summed E-state index contributed by atoms with van der Waals surface area (Å²) in [6.07, 6.45) is 3.17. The minimum Gasteiger partial charge on any atom is -0.484 e. The maximum Gasteiger partial charge on any atom is 0.317 e. The molecule has 3 atom stereocenters. The van der Waals surface area contributed by atoms with Crippen molar-refractivity contribution >= 4 is 11.9 Å². The third-order valence-electron chi connectivity index (χ3n) is 5.07. The van der Waals surface area contributed by atoms with Gasteiger partial charge in [0.2, 0.25) is 0 Å². The van der Waals surface area contributed by atoms with Crippen LogP contribution in [0.3, 0.4) is 0 Å². The van der Waals surface area contributed by atoms with Crippen LogP contribution in [0.4, 0.5) is 4.79 Å². The number of carbonyl (C=O) groups excluding carboxylic acids is 2. The lowest BCUT2D eigenvalue weighted by molar-refractivity contribution is -0.123. The van der Waals surface area contributed by atoms with Crippen molar-refractivity contribution in [2.75, 3.05) is 19.7 Å². The summed E-state index contributed by atoms with van der Waals surface area (Å²) in [6, 6.07) is 7.61. The topological polar surface area (TPSA) is 79.9 Å². The zero-order valence-corrected chi connectivity index (χ0v) is 16.9. The number of hydrogen-bond donors (Lipinski definition) is 2. The lowest BCUT2D eigenvalue weighted by atomic mass is 10.1. The van der Waals surface area contributed by atoms with Gasteiger partial charge in [-0.1, -0.05) is 12.1 Å². The van der Waals surface area contributed by atoms with Crippen LogP contribution >= 0.6 is 0 Å². The monoisotopic (exact) mass is 389 g/mol. The first-order chi connectivity index (χ1) is 13.4. The van der Waals surface area contributed by atoms with Gasteiger partial charge < -0.3 is 25.0 Å². The van der Waals surface area contributed by atoms with E-state index in [9.17, 15) is 9.59 Å². The molecule has 3 rings (SSSR count). The summed E-state index contributed by atoms with van der Waals surface area (Å²) in [5, 5.41) is 5.95. The second kappa shape index (κ2) is 9.28. The lowest BCUT2D eigenvalue weighted by Crippen LogP contribution is -2.43. The fourth-order valence-electron chi connectivity index (χ4n) is 3.29. The molecule has 1 aromatic carbocycles. The van der Waals surface area contributed by atoms with E-state index in [0.717, 1.165) is 24.8 Å². The highest BCUT2D eigenvalue weighted by atomic mass is 16.5. The van der Waals surface area contributed by atoms with E-state index in [2.05, 4.69) is 10.6 Å². The average Bonchev–Trinajstić information content (AvgIpc) is 3.48. The molecule has 2 aliphatic rings. The van der Waals surface area contributed by atoms with Gasteiger partial charge in [-0.15, -0.1) is 0 Å². The van der Waals surface area contributed by atoms with E-state index in [1.54, 1.807) is 0 Å².